The van der Waals surface area contributed by atoms with Crippen molar-refractivity contribution in [3.05, 3.63) is 40.9 Å². The molecule has 3 N–H and O–H groups in total. The van der Waals surface area contributed by atoms with Gasteiger partial charge in [0.15, 0.2) is 0 Å². The van der Waals surface area contributed by atoms with Gasteiger partial charge in [0.25, 0.3) is 0 Å². The van der Waals surface area contributed by atoms with E-state index >= 15 is 0 Å². The van der Waals surface area contributed by atoms with E-state index in [9.17, 15) is 4.79 Å². The molecule has 1 atom stereocenters. The molecular weight excluding hydrogens is 330 g/mol. The summed E-state index contributed by atoms with van der Waals surface area (Å²) < 4.78 is 0. The Morgan fingerprint density at radius 3 is 2.48 bits per heavy atom. The van der Waals surface area contributed by atoms with Crippen LogP contribution in [0, 0.1) is 12.3 Å². The zero-order valence-electron chi connectivity index (χ0n) is 13.9. The Balaban J connectivity index is 0.00000264. The van der Waals surface area contributed by atoms with Gasteiger partial charge in [0.2, 0.25) is 5.91 Å². The third-order valence-corrected chi connectivity index (χ3v) is 4.76. The van der Waals surface area contributed by atoms with Gasteiger partial charge in [-0.1, -0.05) is 51.1 Å². The maximum Gasteiger partial charge on any atom is 0.237 e. The smallest absolute Gasteiger partial charge is 0.237 e. The molecule has 2 aromatic rings. The minimum Gasteiger partial charge on any atom is -0.350 e. The lowest BCUT2D eigenvalue weighted by molar-refractivity contribution is -0.124. The van der Waals surface area contributed by atoms with Gasteiger partial charge in [-0.05, 0) is 12.3 Å². The quantitative estimate of drug-likeness (QED) is 0.883. The van der Waals surface area contributed by atoms with Crippen molar-refractivity contribution in [2.24, 2.45) is 11.1 Å². The number of thiazole rings is 1. The number of aromatic nitrogens is 1. The molecule has 4 nitrogen and oxygen atoms in total. The van der Waals surface area contributed by atoms with Crippen molar-refractivity contribution in [1.29, 1.82) is 0 Å². The van der Waals surface area contributed by atoms with E-state index in [2.05, 4.69) is 10.3 Å². The molecule has 0 saturated heterocycles. The number of halogens is 1. The third-order valence-electron chi connectivity index (χ3n) is 3.55. The van der Waals surface area contributed by atoms with E-state index in [4.69, 9.17) is 5.73 Å². The van der Waals surface area contributed by atoms with E-state index in [1.807, 2.05) is 58.0 Å². The molecule has 0 aliphatic carbocycles. The summed E-state index contributed by atoms with van der Waals surface area (Å²) in [6, 6.07) is 9.53. The molecule has 126 valence electrons. The highest BCUT2D eigenvalue weighted by Gasteiger charge is 2.27. The summed E-state index contributed by atoms with van der Waals surface area (Å²) in [7, 11) is 0. The minimum atomic E-state index is -0.519. The average Bonchev–Trinajstić information content (AvgIpc) is 2.85. The van der Waals surface area contributed by atoms with E-state index in [1.54, 1.807) is 11.3 Å². The van der Waals surface area contributed by atoms with Crippen LogP contribution in [0.1, 0.15) is 31.3 Å². The Bertz CT molecular complexity index is 650. The Labute approximate surface area is 147 Å². The first kappa shape index (κ1) is 19.6. The van der Waals surface area contributed by atoms with Crippen molar-refractivity contribution in [1.82, 2.24) is 10.3 Å². The fraction of sp³-hybridized carbons (Fsp3) is 0.412. The molecule has 0 unspecified atom stereocenters. The first-order valence-electron chi connectivity index (χ1n) is 7.34. The molecule has 6 heteroatoms. The summed E-state index contributed by atoms with van der Waals surface area (Å²) in [5, 5.41) is 3.89. The summed E-state index contributed by atoms with van der Waals surface area (Å²) >= 11 is 1.61. The molecule has 2 rings (SSSR count). The van der Waals surface area contributed by atoms with Gasteiger partial charge in [-0.25, -0.2) is 4.98 Å². The van der Waals surface area contributed by atoms with Crippen molar-refractivity contribution in [3.63, 3.8) is 0 Å². The van der Waals surface area contributed by atoms with Gasteiger partial charge < -0.3 is 11.1 Å². The lowest BCUT2D eigenvalue weighted by Crippen LogP contribution is -2.48. The number of aryl methyl sites for hydroxylation is 1. The van der Waals surface area contributed by atoms with Crippen molar-refractivity contribution in [2.75, 3.05) is 0 Å². The van der Waals surface area contributed by atoms with Crippen LogP contribution in [0.2, 0.25) is 0 Å². The van der Waals surface area contributed by atoms with E-state index < -0.39 is 6.04 Å². The summed E-state index contributed by atoms with van der Waals surface area (Å²) in [5.74, 6) is -0.124. The topological polar surface area (TPSA) is 68.0 Å². The summed E-state index contributed by atoms with van der Waals surface area (Å²) in [6.07, 6.45) is 0. The minimum absolute atomic E-state index is 0. The van der Waals surface area contributed by atoms with Gasteiger partial charge in [-0.3, -0.25) is 4.79 Å². The van der Waals surface area contributed by atoms with Crippen molar-refractivity contribution < 1.29 is 4.79 Å². The molecule has 1 aromatic heterocycles. The van der Waals surface area contributed by atoms with Crippen LogP contribution in [0.4, 0.5) is 0 Å². The fourth-order valence-electron chi connectivity index (χ4n) is 1.97. The van der Waals surface area contributed by atoms with Crippen molar-refractivity contribution in [3.8, 4) is 10.6 Å². The Kier molecular flexibility index (Phi) is 6.74. The molecule has 1 aromatic carbocycles. The van der Waals surface area contributed by atoms with E-state index in [0.29, 0.717) is 6.54 Å². The highest BCUT2D eigenvalue weighted by Crippen LogP contribution is 2.27. The standard InChI is InChI=1S/C17H23N3OS.ClH/c1-11-13(10-19-15(21)14(18)17(2,3)4)22-16(20-11)12-8-6-5-7-9-12;/h5-9,14H,10,18H2,1-4H3,(H,19,21);1H/t14-;/m1./s1. The van der Waals surface area contributed by atoms with Crippen LogP contribution < -0.4 is 11.1 Å². The van der Waals surface area contributed by atoms with Crippen LogP contribution >= 0.6 is 23.7 Å². The second-order valence-electron chi connectivity index (χ2n) is 6.46. The van der Waals surface area contributed by atoms with Crippen LogP contribution in [0.5, 0.6) is 0 Å². The molecule has 1 amide bonds. The van der Waals surface area contributed by atoms with Crippen LogP contribution in [0.3, 0.4) is 0 Å². The number of nitrogens with one attached hydrogen (secondary N) is 1. The van der Waals surface area contributed by atoms with Crippen molar-refractivity contribution >= 4 is 29.7 Å². The van der Waals surface area contributed by atoms with E-state index in [0.717, 1.165) is 21.1 Å². The van der Waals surface area contributed by atoms with Gasteiger partial charge in [0.1, 0.15) is 5.01 Å². The Morgan fingerprint density at radius 1 is 1.30 bits per heavy atom. The molecule has 0 aliphatic rings. The Morgan fingerprint density at radius 2 is 1.91 bits per heavy atom. The summed E-state index contributed by atoms with van der Waals surface area (Å²) in [6.45, 7) is 8.32. The molecule has 0 bridgehead atoms. The Hall–Kier alpha value is -1.43. The zero-order valence-corrected chi connectivity index (χ0v) is 15.6. The molecule has 23 heavy (non-hydrogen) atoms. The largest absolute Gasteiger partial charge is 0.350 e. The van der Waals surface area contributed by atoms with Gasteiger partial charge >= 0.3 is 0 Å². The number of nitrogens with two attached hydrogens (primary N) is 1. The number of amides is 1. The second-order valence-corrected chi connectivity index (χ2v) is 7.54. The molecular formula is C17H24ClN3OS. The molecule has 0 spiro atoms. The van der Waals surface area contributed by atoms with Crippen LogP contribution in [-0.2, 0) is 11.3 Å². The molecule has 0 radical (unpaired) electrons. The second kappa shape index (κ2) is 7.90. The molecule has 0 saturated carbocycles. The van der Waals surface area contributed by atoms with E-state index in [-0.39, 0.29) is 23.7 Å². The third kappa shape index (κ3) is 5.03. The molecule has 1 heterocycles. The fourth-order valence-corrected chi connectivity index (χ4v) is 2.97. The van der Waals surface area contributed by atoms with E-state index in [1.165, 1.54) is 0 Å². The van der Waals surface area contributed by atoms with Crippen LogP contribution in [0.15, 0.2) is 30.3 Å². The van der Waals surface area contributed by atoms with Gasteiger partial charge in [-0.2, -0.15) is 0 Å². The first-order chi connectivity index (χ1) is 10.3. The normalized spacial score (nSPS) is 12.4. The predicted octanol–water partition coefficient (Wildman–Crippen LogP) is 3.53. The highest BCUT2D eigenvalue weighted by atomic mass is 35.5. The lowest BCUT2D eigenvalue weighted by atomic mass is 9.87. The lowest BCUT2D eigenvalue weighted by Gasteiger charge is -2.25. The monoisotopic (exact) mass is 353 g/mol. The number of hydrogen-bond donors (Lipinski definition) is 2. The first-order valence-corrected chi connectivity index (χ1v) is 8.15. The number of rotatable bonds is 4. The SMILES string of the molecule is Cc1nc(-c2ccccc2)sc1CNC(=O)[C@@H](N)C(C)(C)C.Cl. The maximum atomic E-state index is 12.1. The predicted molar refractivity (Wildman–Crippen MR) is 98.8 cm³/mol. The van der Waals surface area contributed by atoms with Crippen LogP contribution in [0.25, 0.3) is 10.6 Å². The summed E-state index contributed by atoms with van der Waals surface area (Å²) in [4.78, 5) is 17.8. The highest BCUT2D eigenvalue weighted by molar-refractivity contribution is 7.15. The van der Waals surface area contributed by atoms with Crippen LogP contribution in [-0.4, -0.2) is 16.9 Å². The van der Waals surface area contributed by atoms with Gasteiger partial charge in [0.05, 0.1) is 18.3 Å². The zero-order chi connectivity index (χ0) is 16.3. The van der Waals surface area contributed by atoms with Gasteiger partial charge in [-0.15, -0.1) is 23.7 Å². The number of carbonyl (C=O) groups is 1. The number of carbonyl (C=O) groups excluding carboxylic acids is 1. The molecule has 0 aliphatic heterocycles. The number of nitrogens with zero attached hydrogens (tertiary/aromatic N) is 1. The summed E-state index contributed by atoms with van der Waals surface area (Å²) in [5.41, 5.74) is 7.77. The van der Waals surface area contributed by atoms with Crippen molar-refractivity contribution in [2.45, 2.75) is 40.3 Å². The number of benzene rings is 1. The van der Waals surface area contributed by atoms with Gasteiger partial charge in [0, 0.05) is 10.4 Å². The molecule has 0 fully saturated rings. The average molecular weight is 354 g/mol. The number of hydrogen-bond acceptors (Lipinski definition) is 4. The maximum absolute atomic E-state index is 12.1.